The van der Waals surface area contributed by atoms with Gasteiger partial charge in [0, 0.05) is 0 Å². The van der Waals surface area contributed by atoms with E-state index in [4.69, 9.17) is 4.84 Å². The number of imidazole rings is 1. The number of allylic oxidation sites excluding steroid dienone is 1. The van der Waals surface area contributed by atoms with Crippen molar-refractivity contribution in [2.75, 3.05) is 6.61 Å². The molecule has 0 aliphatic carbocycles. The number of aliphatic hydroxyl groups excluding tert-OH is 1. The van der Waals surface area contributed by atoms with Gasteiger partial charge in [-0.3, -0.25) is 0 Å². The van der Waals surface area contributed by atoms with Gasteiger partial charge in [0.1, 0.15) is 11.6 Å². The average Bonchev–Trinajstić information content (AvgIpc) is 3.04. The maximum absolute atomic E-state index is 10.1. The SMILES string of the molecule is N#CC(=C(O)CO/N=C/c1ccccc1)c1nc2ccccc2[nH]1. The van der Waals surface area contributed by atoms with Crippen molar-refractivity contribution in [3.8, 4) is 6.07 Å². The lowest BCUT2D eigenvalue weighted by Gasteiger charge is -2.01. The van der Waals surface area contributed by atoms with E-state index in [1.807, 2.05) is 60.7 Å². The number of nitrogens with one attached hydrogen (secondary N) is 1. The fourth-order valence-electron chi connectivity index (χ4n) is 2.13. The lowest BCUT2D eigenvalue weighted by molar-refractivity contribution is 0.139. The van der Waals surface area contributed by atoms with Crippen LogP contribution in [0.5, 0.6) is 0 Å². The second-order valence-corrected chi connectivity index (χ2v) is 4.95. The molecule has 118 valence electrons. The maximum atomic E-state index is 10.1. The highest BCUT2D eigenvalue weighted by Crippen LogP contribution is 2.18. The molecule has 2 aromatic carbocycles. The van der Waals surface area contributed by atoms with Gasteiger partial charge in [0.2, 0.25) is 0 Å². The van der Waals surface area contributed by atoms with Crippen LogP contribution < -0.4 is 0 Å². The number of fused-ring (bicyclic) bond motifs is 1. The van der Waals surface area contributed by atoms with Gasteiger partial charge in [-0.2, -0.15) is 5.26 Å². The number of aromatic amines is 1. The minimum atomic E-state index is -0.234. The molecular weight excluding hydrogens is 304 g/mol. The number of hydrogen-bond donors (Lipinski definition) is 2. The van der Waals surface area contributed by atoms with Crippen molar-refractivity contribution in [2.24, 2.45) is 5.16 Å². The van der Waals surface area contributed by atoms with Crippen LogP contribution in [0.25, 0.3) is 16.6 Å². The molecule has 0 spiro atoms. The van der Waals surface area contributed by atoms with E-state index in [0.29, 0.717) is 5.82 Å². The van der Waals surface area contributed by atoms with E-state index in [1.54, 1.807) is 0 Å². The Morgan fingerprint density at radius 2 is 1.96 bits per heavy atom. The van der Waals surface area contributed by atoms with Gasteiger partial charge in [0.05, 0.1) is 17.2 Å². The molecule has 1 aromatic heterocycles. The van der Waals surface area contributed by atoms with E-state index in [1.165, 1.54) is 6.21 Å². The van der Waals surface area contributed by atoms with Crippen molar-refractivity contribution in [1.82, 2.24) is 9.97 Å². The first-order valence-electron chi connectivity index (χ1n) is 7.25. The van der Waals surface area contributed by atoms with E-state index < -0.39 is 0 Å². The highest BCUT2D eigenvalue weighted by Gasteiger charge is 2.13. The van der Waals surface area contributed by atoms with Gasteiger partial charge in [0.25, 0.3) is 0 Å². The standard InChI is InChI=1S/C18H14N4O2/c19-10-14(18-21-15-8-4-5-9-16(15)22-18)17(23)12-24-20-11-13-6-2-1-3-7-13/h1-9,11,23H,12H2,(H,21,22)/b17-14?,20-11+. The zero-order chi connectivity index (χ0) is 16.8. The van der Waals surface area contributed by atoms with Crippen molar-refractivity contribution in [3.63, 3.8) is 0 Å². The molecule has 0 aliphatic heterocycles. The number of aliphatic hydroxyl groups is 1. The van der Waals surface area contributed by atoms with Crippen LogP contribution in [0.2, 0.25) is 0 Å². The van der Waals surface area contributed by atoms with Crippen molar-refractivity contribution in [3.05, 3.63) is 71.7 Å². The van der Waals surface area contributed by atoms with Crippen LogP contribution in [-0.2, 0) is 4.84 Å². The van der Waals surface area contributed by atoms with Crippen LogP contribution in [-0.4, -0.2) is 27.9 Å². The van der Waals surface area contributed by atoms with Gasteiger partial charge < -0.3 is 14.9 Å². The van der Waals surface area contributed by atoms with Crippen molar-refractivity contribution in [1.29, 1.82) is 5.26 Å². The first-order chi connectivity index (χ1) is 11.8. The summed E-state index contributed by atoms with van der Waals surface area (Å²) in [6.07, 6.45) is 1.53. The molecule has 1 heterocycles. The number of rotatable bonds is 5. The van der Waals surface area contributed by atoms with Gasteiger partial charge in [-0.05, 0) is 17.7 Å². The quantitative estimate of drug-likeness (QED) is 0.326. The Hall–Kier alpha value is -3.59. The number of nitrogens with zero attached hydrogens (tertiary/aromatic N) is 3. The molecule has 24 heavy (non-hydrogen) atoms. The molecular formula is C18H14N4O2. The maximum Gasteiger partial charge on any atom is 0.175 e. The second-order valence-electron chi connectivity index (χ2n) is 4.95. The molecule has 0 bridgehead atoms. The van der Waals surface area contributed by atoms with Crippen molar-refractivity contribution >= 4 is 22.8 Å². The molecule has 0 fully saturated rings. The third-order valence-electron chi connectivity index (χ3n) is 3.30. The van der Waals surface area contributed by atoms with E-state index in [9.17, 15) is 10.4 Å². The number of oxime groups is 1. The van der Waals surface area contributed by atoms with Gasteiger partial charge in [-0.15, -0.1) is 0 Å². The van der Waals surface area contributed by atoms with Crippen molar-refractivity contribution in [2.45, 2.75) is 0 Å². The van der Waals surface area contributed by atoms with Gasteiger partial charge in [-0.1, -0.05) is 47.6 Å². The molecule has 0 unspecified atom stereocenters. The number of para-hydroxylation sites is 2. The molecule has 0 saturated carbocycles. The predicted octanol–water partition coefficient (Wildman–Crippen LogP) is 3.41. The summed E-state index contributed by atoms with van der Waals surface area (Å²) < 4.78 is 0. The third kappa shape index (κ3) is 3.42. The lowest BCUT2D eigenvalue weighted by atomic mass is 10.2. The number of H-pyrrole nitrogens is 1. The molecule has 0 radical (unpaired) electrons. The summed E-state index contributed by atoms with van der Waals surface area (Å²) in [7, 11) is 0. The lowest BCUT2D eigenvalue weighted by Crippen LogP contribution is -1.99. The monoisotopic (exact) mass is 318 g/mol. The second kappa shape index (κ2) is 7.11. The van der Waals surface area contributed by atoms with Gasteiger partial charge in [-0.25, -0.2) is 4.98 Å². The average molecular weight is 318 g/mol. The van der Waals surface area contributed by atoms with Gasteiger partial charge >= 0.3 is 0 Å². The Balaban J connectivity index is 1.73. The summed E-state index contributed by atoms with van der Waals surface area (Å²) in [6, 6.07) is 18.7. The Kier molecular flexibility index (Phi) is 4.54. The zero-order valence-corrected chi connectivity index (χ0v) is 12.7. The number of hydrogen-bond acceptors (Lipinski definition) is 5. The van der Waals surface area contributed by atoms with Crippen LogP contribution in [0.15, 0.2) is 65.5 Å². The molecule has 0 saturated heterocycles. The zero-order valence-electron chi connectivity index (χ0n) is 12.7. The van der Waals surface area contributed by atoms with Gasteiger partial charge in [0.15, 0.2) is 18.2 Å². The first kappa shape index (κ1) is 15.3. The van der Waals surface area contributed by atoms with Crippen LogP contribution in [0, 0.1) is 11.3 Å². The Morgan fingerprint density at radius 3 is 2.71 bits per heavy atom. The number of benzene rings is 2. The Labute approximate surface area is 138 Å². The first-order valence-corrected chi connectivity index (χ1v) is 7.25. The number of nitriles is 1. The molecule has 2 N–H and O–H groups in total. The molecule has 0 aliphatic rings. The summed E-state index contributed by atoms with van der Waals surface area (Å²) in [5.74, 6) is 0.0635. The third-order valence-corrected chi connectivity index (χ3v) is 3.30. The van der Waals surface area contributed by atoms with Crippen LogP contribution in [0.1, 0.15) is 11.4 Å². The fraction of sp³-hybridized carbons (Fsp3) is 0.0556. The Bertz CT molecular complexity index is 903. The van der Waals surface area contributed by atoms with E-state index in [-0.39, 0.29) is 17.9 Å². The van der Waals surface area contributed by atoms with E-state index in [0.717, 1.165) is 16.6 Å². The van der Waals surface area contributed by atoms with E-state index >= 15 is 0 Å². The molecule has 3 rings (SSSR count). The van der Waals surface area contributed by atoms with E-state index in [2.05, 4.69) is 15.1 Å². The van der Waals surface area contributed by atoms with Crippen LogP contribution in [0.3, 0.4) is 0 Å². The topological polar surface area (TPSA) is 94.3 Å². The summed E-state index contributed by atoms with van der Waals surface area (Å²) >= 11 is 0. The normalized spacial score (nSPS) is 12.1. The summed E-state index contributed by atoms with van der Waals surface area (Å²) in [6.45, 7) is -0.219. The summed E-state index contributed by atoms with van der Waals surface area (Å²) in [5.41, 5.74) is 2.41. The highest BCUT2D eigenvalue weighted by atomic mass is 16.6. The molecule has 6 nitrogen and oxygen atoms in total. The molecule has 3 aromatic rings. The fourth-order valence-corrected chi connectivity index (χ4v) is 2.13. The van der Waals surface area contributed by atoms with Crippen molar-refractivity contribution < 1.29 is 9.94 Å². The largest absolute Gasteiger partial charge is 0.507 e. The summed E-state index contributed by atoms with van der Waals surface area (Å²) in [4.78, 5) is 12.3. The summed E-state index contributed by atoms with van der Waals surface area (Å²) in [5, 5.41) is 23.1. The predicted molar refractivity (Wildman–Crippen MR) is 91.2 cm³/mol. The van der Waals surface area contributed by atoms with Crippen LogP contribution >= 0.6 is 0 Å². The molecule has 0 atom stereocenters. The van der Waals surface area contributed by atoms with Crippen LogP contribution in [0.4, 0.5) is 0 Å². The number of aromatic nitrogens is 2. The molecule has 6 heteroatoms. The molecule has 0 amide bonds. The highest BCUT2D eigenvalue weighted by molar-refractivity contribution is 5.82. The Morgan fingerprint density at radius 1 is 1.21 bits per heavy atom. The minimum Gasteiger partial charge on any atom is -0.507 e. The minimum absolute atomic E-state index is 0.0288. The smallest absolute Gasteiger partial charge is 0.175 e.